The highest BCUT2D eigenvalue weighted by Gasteiger charge is 2.21. The summed E-state index contributed by atoms with van der Waals surface area (Å²) in [6.07, 6.45) is 1.72. The first-order chi connectivity index (χ1) is 9.56. The van der Waals surface area contributed by atoms with Crippen LogP contribution in [0.15, 0.2) is 24.3 Å². The number of halogens is 2. The number of carbonyl (C=O) groups excluding carboxylic acids is 1. The number of nitrogens with zero attached hydrogens (tertiary/aromatic N) is 1. The van der Waals surface area contributed by atoms with Gasteiger partial charge in [-0.3, -0.25) is 4.79 Å². The number of hydrogen-bond acceptors (Lipinski definition) is 3. The Morgan fingerprint density at radius 1 is 1.35 bits per heavy atom. The van der Waals surface area contributed by atoms with Gasteiger partial charge in [0.1, 0.15) is 5.75 Å². The van der Waals surface area contributed by atoms with Gasteiger partial charge in [0.2, 0.25) is 0 Å². The molecule has 1 N–H and O–H groups in total. The summed E-state index contributed by atoms with van der Waals surface area (Å²) >= 11 is 0. The molecular formula is C14H18F2N2O2. The number of nitrogens with one attached hydrogen (secondary N) is 1. The fourth-order valence-corrected chi connectivity index (χ4v) is 2.27. The van der Waals surface area contributed by atoms with Crippen LogP contribution in [0.2, 0.25) is 0 Å². The van der Waals surface area contributed by atoms with Crippen LogP contribution in [0.1, 0.15) is 23.2 Å². The van der Waals surface area contributed by atoms with Gasteiger partial charge in [0.05, 0.1) is 5.56 Å². The topological polar surface area (TPSA) is 41.6 Å². The van der Waals surface area contributed by atoms with Crippen molar-refractivity contribution in [1.29, 1.82) is 0 Å². The van der Waals surface area contributed by atoms with Gasteiger partial charge >= 0.3 is 6.61 Å². The summed E-state index contributed by atoms with van der Waals surface area (Å²) in [6, 6.07) is 6.13. The summed E-state index contributed by atoms with van der Waals surface area (Å²) in [7, 11) is 2.03. The van der Waals surface area contributed by atoms with Crippen molar-refractivity contribution in [2.24, 2.45) is 0 Å². The Hall–Kier alpha value is -1.69. The van der Waals surface area contributed by atoms with Crippen LogP contribution in [-0.2, 0) is 0 Å². The Balaban J connectivity index is 2.01. The molecule has 0 bridgehead atoms. The van der Waals surface area contributed by atoms with Gasteiger partial charge in [-0.25, -0.2) is 0 Å². The third-order valence-corrected chi connectivity index (χ3v) is 3.40. The van der Waals surface area contributed by atoms with Crippen molar-refractivity contribution in [2.75, 3.05) is 20.1 Å². The maximum atomic E-state index is 12.3. The standard InChI is InChI=1S/C14H18F2N2O2/c1-18-8-6-10(7-9-18)17-13(19)11-4-2-3-5-12(11)20-14(15)16/h2-5,10,14H,6-9H2,1H3,(H,17,19). The van der Waals surface area contributed by atoms with Crippen LogP contribution in [-0.4, -0.2) is 43.6 Å². The van der Waals surface area contributed by atoms with Crippen LogP contribution in [0.3, 0.4) is 0 Å². The monoisotopic (exact) mass is 284 g/mol. The van der Waals surface area contributed by atoms with Crippen LogP contribution in [0.25, 0.3) is 0 Å². The predicted molar refractivity (Wildman–Crippen MR) is 71.1 cm³/mol. The van der Waals surface area contributed by atoms with Gasteiger partial charge < -0.3 is 15.0 Å². The van der Waals surface area contributed by atoms with E-state index in [2.05, 4.69) is 15.0 Å². The fraction of sp³-hybridized carbons (Fsp3) is 0.500. The van der Waals surface area contributed by atoms with Crippen molar-refractivity contribution in [2.45, 2.75) is 25.5 Å². The van der Waals surface area contributed by atoms with Gasteiger partial charge in [0.15, 0.2) is 0 Å². The molecule has 1 heterocycles. The van der Waals surface area contributed by atoms with E-state index in [1.54, 1.807) is 12.1 Å². The van der Waals surface area contributed by atoms with Crippen molar-refractivity contribution < 1.29 is 18.3 Å². The van der Waals surface area contributed by atoms with Gasteiger partial charge in [-0.2, -0.15) is 8.78 Å². The largest absolute Gasteiger partial charge is 0.434 e. The van der Waals surface area contributed by atoms with Gasteiger partial charge in [-0.1, -0.05) is 12.1 Å². The molecular weight excluding hydrogens is 266 g/mol. The lowest BCUT2D eigenvalue weighted by atomic mass is 10.0. The van der Waals surface area contributed by atoms with Gasteiger partial charge in [0.25, 0.3) is 5.91 Å². The number of alkyl halides is 2. The molecule has 1 aromatic carbocycles. The molecule has 1 saturated heterocycles. The molecule has 0 spiro atoms. The highest BCUT2D eigenvalue weighted by atomic mass is 19.3. The zero-order valence-corrected chi connectivity index (χ0v) is 11.3. The van der Waals surface area contributed by atoms with E-state index in [1.807, 2.05) is 7.05 Å². The quantitative estimate of drug-likeness (QED) is 0.920. The lowest BCUT2D eigenvalue weighted by molar-refractivity contribution is -0.0501. The second-order valence-electron chi connectivity index (χ2n) is 4.93. The van der Waals surface area contributed by atoms with E-state index >= 15 is 0 Å². The molecule has 2 rings (SSSR count). The van der Waals surface area contributed by atoms with E-state index in [9.17, 15) is 13.6 Å². The fourth-order valence-electron chi connectivity index (χ4n) is 2.27. The Morgan fingerprint density at radius 3 is 2.65 bits per heavy atom. The van der Waals surface area contributed by atoms with Crippen LogP contribution in [0.4, 0.5) is 8.78 Å². The second-order valence-corrected chi connectivity index (χ2v) is 4.93. The average molecular weight is 284 g/mol. The minimum Gasteiger partial charge on any atom is -0.434 e. The van der Waals surface area contributed by atoms with E-state index in [4.69, 9.17) is 0 Å². The Bertz CT molecular complexity index is 460. The second kappa shape index (κ2) is 6.65. The third kappa shape index (κ3) is 3.90. The highest BCUT2D eigenvalue weighted by molar-refractivity contribution is 5.97. The summed E-state index contributed by atoms with van der Waals surface area (Å²) < 4.78 is 29.0. The lowest BCUT2D eigenvalue weighted by Gasteiger charge is -2.29. The number of benzene rings is 1. The molecule has 0 unspecified atom stereocenters. The predicted octanol–water partition coefficient (Wildman–Crippen LogP) is 2.11. The molecule has 0 saturated carbocycles. The van der Waals surface area contributed by atoms with E-state index in [-0.39, 0.29) is 23.3 Å². The number of likely N-dealkylation sites (tertiary alicyclic amines) is 1. The minimum atomic E-state index is -2.94. The summed E-state index contributed by atoms with van der Waals surface area (Å²) in [5.74, 6) is -0.455. The number of amides is 1. The number of ether oxygens (including phenoxy) is 1. The van der Waals surface area contributed by atoms with E-state index < -0.39 is 6.61 Å². The molecule has 4 nitrogen and oxygen atoms in total. The molecule has 20 heavy (non-hydrogen) atoms. The summed E-state index contributed by atoms with van der Waals surface area (Å²) in [5, 5.41) is 2.88. The zero-order chi connectivity index (χ0) is 14.5. The van der Waals surface area contributed by atoms with Crippen LogP contribution < -0.4 is 10.1 Å². The van der Waals surface area contributed by atoms with E-state index in [0.717, 1.165) is 25.9 Å². The summed E-state index contributed by atoms with van der Waals surface area (Å²) in [4.78, 5) is 14.3. The number of piperidine rings is 1. The van der Waals surface area contributed by atoms with Crippen LogP contribution in [0, 0.1) is 0 Å². The first kappa shape index (κ1) is 14.7. The molecule has 1 aromatic rings. The summed E-state index contributed by atoms with van der Waals surface area (Å²) in [5.41, 5.74) is 0.145. The van der Waals surface area contributed by atoms with Crippen molar-refractivity contribution in [3.8, 4) is 5.75 Å². The van der Waals surface area contributed by atoms with Gasteiger partial charge in [-0.15, -0.1) is 0 Å². The molecule has 110 valence electrons. The molecule has 6 heteroatoms. The third-order valence-electron chi connectivity index (χ3n) is 3.40. The molecule has 1 amide bonds. The van der Waals surface area contributed by atoms with Crippen molar-refractivity contribution >= 4 is 5.91 Å². The molecule has 1 fully saturated rings. The maximum absolute atomic E-state index is 12.3. The molecule has 0 aromatic heterocycles. The van der Waals surface area contributed by atoms with Gasteiger partial charge in [-0.05, 0) is 45.1 Å². The molecule has 0 radical (unpaired) electrons. The molecule has 0 atom stereocenters. The first-order valence-corrected chi connectivity index (χ1v) is 6.59. The number of para-hydroxylation sites is 1. The maximum Gasteiger partial charge on any atom is 0.387 e. The van der Waals surface area contributed by atoms with Crippen molar-refractivity contribution in [3.05, 3.63) is 29.8 Å². The molecule has 0 aliphatic carbocycles. The van der Waals surface area contributed by atoms with E-state index in [1.165, 1.54) is 12.1 Å². The average Bonchev–Trinajstić information content (AvgIpc) is 2.41. The first-order valence-electron chi connectivity index (χ1n) is 6.59. The van der Waals surface area contributed by atoms with Crippen LogP contribution >= 0.6 is 0 Å². The Morgan fingerprint density at radius 2 is 2.00 bits per heavy atom. The number of rotatable bonds is 4. The number of carbonyl (C=O) groups is 1. The van der Waals surface area contributed by atoms with Gasteiger partial charge in [0, 0.05) is 6.04 Å². The molecule has 1 aliphatic heterocycles. The normalized spacial score (nSPS) is 17.2. The lowest BCUT2D eigenvalue weighted by Crippen LogP contribution is -2.43. The SMILES string of the molecule is CN1CCC(NC(=O)c2ccccc2OC(F)F)CC1. The van der Waals surface area contributed by atoms with Crippen LogP contribution in [0.5, 0.6) is 5.75 Å². The smallest absolute Gasteiger partial charge is 0.387 e. The van der Waals surface area contributed by atoms with E-state index in [0.29, 0.717) is 0 Å². The van der Waals surface area contributed by atoms with Crippen molar-refractivity contribution in [3.63, 3.8) is 0 Å². The Kier molecular flexibility index (Phi) is 4.89. The highest BCUT2D eigenvalue weighted by Crippen LogP contribution is 2.20. The zero-order valence-electron chi connectivity index (χ0n) is 11.3. The number of hydrogen-bond donors (Lipinski definition) is 1. The molecule has 1 aliphatic rings. The summed E-state index contributed by atoms with van der Waals surface area (Å²) in [6.45, 7) is -1.10. The Labute approximate surface area is 116 Å². The van der Waals surface area contributed by atoms with Crippen molar-refractivity contribution in [1.82, 2.24) is 10.2 Å². The minimum absolute atomic E-state index is 0.0818.